The molecule has 3 rings (SSSR count). The number of carbonyl (C=O) groups is 2. The average Bonchev–Trinajstić information content (AvgIpc) is 2.96. The molecule has 3 aromatic rings. The molecule has 1 amide bonds. The van der Waals surface area contributed by atoms with Crippen LogP contribution < -0.4 is 10.9 Å². The topological polar surface area (TPSA) is 103 Å². The highest BCUT2D eigenvalue weighted by Crippen LogP contribution is 2.22. The lowest BCUT2D eigenvalue weighted by molar-refractivity contribution is -0.119. The molecule has 0 fully saturated rings. The van der Waals surface area contributed by atoms with Gasteiger partial charge < -0.3 is 19.0 Å². The molecule has 0 atom stereocenters. The summed E-state index contributed by atoms with van der Waals surface area (Å²) in [5.41, 5.74) is -0.316. The summed E-state index contributed by atoms with van der Waals surface area (Å²) in [5.74, 6) is -2.04. The van der Waals surface area contributed by atoms with E-state index in [-0.39, 0.29) is 33.1 Å². The van der Waals surface area contributed by atoms with Crippen LogP contribution in [-0.2, 0) is 16.6 Å². The molecule has 0 spiro atoms. The van der Waals surface area contributed by atoms with Crippen LogP contribution in [0, 0.1) is 12.7 Å². The summed E-state index contributed by atoms with van der Waals surface area (Å²) in [6.07, 6.45) is 1.27. The van der Waals surface area contributed by atoms with Gasteiger partial charge in [0.2, 0.25) is 5.71 Å². The first-order chi connectivity index (χ1) is 12.8. The number of hydrogen-bond acceptors (Lipinski definition) is 6. The minimum atomic E-state index is -0.899. The molecule has 27 heavy (non-hydrogen) atoms. The summed E-state index contributed by atoms with van der Waals surface area (Å²) < 4.78 is 24.6. The molecule has 1 aromatic carbocycles. The molecule has 2 aromatic heterocycles. The average molecular weight is 394 g/mol. The van der Waals surface area contributed by atoms with Crippen LogP contribution >= 0.6 is 11.6 Å². The number of nitrogens with zero attached hydrogens (tertiary/aromatic N) is 2. The van der Waals surface area contributed by atoms with E-state index in [2.05, 4.69) is 10.3 Å². The van der Waals surface area contributed by atoms with E-state index >= 15 is 0 Å². The number of nitrogens with one attached hydrogen (secondary N) is 1. The van der Waals surface area contributed by atoms with Crippen LogP contribution in [0.5, 0.6) is 0 Å². The molecule has 0 bridgehead atoms. The molecule has 2 heterocycles. The number of anilines is 1. The number of carbonyl (C=O) groups excluding carboxylic acids is 2. The molecule has 10 heteroatoms. The van der Waals surface area contributed by atoms with E-state index in [0.717, 1.165) is 6.07 Å². The Hall–Kier alpha value is -3.20. The van der Waals surface area contributed by atoms with Gasteiger partial charge in [-0.3, -0.25) is 9.59 Å². The zero-order valence-electron chi connectivity index (χ0n) is 14.2. The number of furan rings is 1. The van der Waals surface area contributed by atoms with Crippen LogP contribution in [0.15, 0.2) is 33.7 Å². The van der Waals surface area contributed by atoms with Gasteiger partial charge in [-0.1, -0.05) is 11.6 Å². The normalized spacial score (nSPS) is 10.8. The summed E-state index contributed by atoms with van der Waals surface area (Å²) in [7, 11) is 1.48. The van der Waals surface area contributed by atoms with Crippen LogP contribution in [0.25, 0.3) is 11.1 Å². The maximum atomic E-state index is 13.1. The molecule has 0 saturated heterocycles. The van der Waals surface area contributed by atoms with E-state index in [4.69, 9.17) is 20.8 Å². The van der Waals surface area contributed by atoms with Crippen molar-refractivity contribution >= 4 is 40.3 Å². The SMILES string of the molecule is Cc1oc2ncn(C)c(=O)c2c1C(=O)OCC(=O)Nc1ccc(F)c(Cl)c1. The minimum absolute atomic E-state index is 0.00737. The molecule has 0 aliphatic carbocycles. The standard InChI is InChI=1S/C17H13ClFN3O5/c1-8-13(14-15(27-8)20-7-22(2)16(14)24)17(25)26-6-12(23)21-9-3-4-11(19)10(18)5-9/h3-5,7H,6H2,1-2H3,(H,21,23). The van der Waals surface area contributed by atoms with Gasteiger partial charge in [-0.25, -0.2) is 14.2 Å². The van der Waals surface area contributed by atoms with Crippen molar-refractivity contribution in [2.24, 2.45) is 7.05 Å². The molecule has 140 valence electrons. The quantitative estimate of drug-likeness (QED) is 0.683. The Balaban J connectivity index is 1.74. The number of amides is 1. The highest BCUT2D eigenvalue weighted by Gasteiger charge is 2.24. The van der Waals surface area contributed by atoms with Gasteiger partial charge in [0.1, 0.15) is 28.9 Å². The predicted molar refractivity (Wildman–Crippen MR) is 94.3 cm³/mol. The van der Waals surface area contributed by atoms with Crippen molar-refractivity contribution in [2.45, 2.75) is 6.92 Å². The van der Waals surface area contributed by atoms with E-state index in [1.165, 1.54) is 37.0 Å². The summed E-state index contributed by atoms with van der Waals surface area (Å²) >= 11 is 5.63. The molecule has 0 radical (unpaired) electrons. The monoisotopic (exact) mass is 393 g/mol. The van der Waals surface area contributed by atoms with Crippen molar-refractivity contribution in [3.05, 3.63) is 57.0 Å². The molecule has 0 unspecified atom stereocenters. The zero-order chi connectivity index (χ0) is 19.7. The number of esters is 1. The Morgan fingerprint density at radius 3 is 2.85 bits per heavy atom. The van der Waals surface area contributed by atoms with Gasteiger partial charge >= 0.3 is 5.97 Å². The van der Waals surface area contributed by atoms with Gasteiger partial charge in [0, 0.05) is 12.7 Å². The third-order valence-electron chi connectivity index (χ3n) is 3.69. The highest BCUT2D eigenvalue weighted by molar-refractivity contribution is 6.31. The Labute approximate surface area is 156 Å². The molecule has 0 saturated carbocycles. The second kappa shape index (κ2) is 7.20. The Kier molecular flexibility index (Phi) is 4.95. The van der Waals surface area contributed by atoms with Crippen LogP contribution in [0.4, 0.5) is 10.1 Å². The first-order valence-corrected chi connectivity index (χ1v) is 8.02. The van der Waals surface area contributed by atoms with Crippen molar-refractivity contribution in [1.29, 1.82) is 0 Å². The van der Waals surface area contributed by atoms with Crippen LogP contribution in [-0.4, -0.2) is 28.0 Å². The van der Waals surface area contributed by atoms with E-state index in [9.17, 15) is 18.8 Å². The lowest BCUT2D eigenvalue weighted by atomic mass is 10.2. The minimum Gasteiger partial charge on any atom is -0.452 e. The van der Waals surface area contributed by atoms with Crippen molar-refractivity contribution in [3.63, 3.8) is 0 Å². The lowest BCUT2D eigenvalue weighted by Crippen LogP contribution is -2.23. The number of rotatable bonds is 4. The third kappa shape index (κ3) is 3.68. The van der Waals surface area contributed by atoms with Crippen molar-refractivity contribution in [2.75, 3.05) is 11.9 Å². The molecular formula is C17H13ClFN3O5. The number of hydrogen-bond donors (Lipinski definition) is 1. The molecule has 1 N–H and O–H groups in total. The second-order valence-corrected chi connectivity index (χ2v) is 6.03. The van der Waals surface area contributed by atoms with Gasteiger partial charge in [0.15, 0.2) is 6.61 Å². The first-order valence-electron chi connectivity index (χ1n) is 7.64. The second-order valence-electron chi connectivity index (χ2n) is 5.63. The number of halogens is 2. The summed E-state index contributed by atoms with van der Waals surface area (Å²) in [6, 6.07) is 3.62. The van der Waals surface area contributed by atoms with Crippen molar-refractivity contribution in [1.82, 2.24) is 9.55 Å². The van der Waals surface area contributed by atoms with Crippen LogP contribution in [0.2, 0.25) is 5.02 Å². The first kappa shape index (κ1) is 18.6. The van der Waals surface area contributed by atoms with E-state index < -0.39 is 29.9 Å². The number of aryl methyl sites for hydroxylation is 2. The van der Waals surface area contributed by atoms with Gasteiger partial charge in [-0.15, -0.1) is 0 Å². The third-order valence-corrected chi connectivity index (χ3v) is 3.98. The summed E-state index contributed by atoms with van der Waals surface area (Å²) in [4.78, 5) is 40.5. The van der Waals surface area contributed by atoms with Gasteiger partial charge in [0.25, 0.3) is 11.5 Å². The number of aromatic nitrogens is 2. The maximum Gasteiger partial charge on any atom is 0.343 e. The molecular weight excluding hydrogens is 381 g/mol. The highest BCUT2D eigenvalue weighted by atomic mass is 35.5. The van der Waals surface area contributed by atoms with Crippen LogP contribution in [0.1, 0.15) is 16.1 Å². The number of ether oxygens (including phenoxy) is 1. The molecule has 8 nitrogen and oxygen atoms in total. The largest absolute Gasteiger partial charge is 0.452 e. The fraction of sp³-hybridized carbons (Fsp3) is 0.176. The maximum absolute atomic E-state index is 13.1. The predicted octanol–water partition coefficient (Wildman–Crippen LogP) is 2.42. The van der Waals surface area contributed by atoms with Crippen LogP contribution in [0.3, 0.4) is 0 Å². The lowest BCUT2D eigenvalue weighted by Gasteiger charge is -2.07. The smallest absolute Gasteiger partial charge is 0.343 e. The Morgan fingerprint density at radius 2 is 2.15 bits per heavy atom. The molecule has 0 aliphatic rings. The number of benzene rings is 1. The van der Waals surface area contributed by atoms with Crippen molar-refractivity contribution in [3.8, 4) is 0 Å². The van der Waals surface area contributed by atoms with E-state index in [1.807, 2.05) is 0 Å². The van der Waals surface area contributed by atoms with E-state index in [0.29, 0.717) is 0 Å². The summed E-state index contributed by atoms with van der Waals surface area (Å²) in [5, 5.41) is 2.24. The van der Waals surface area contributed by atoms with Gasteiger partial charge in [-0.05, 0) is 25.1 Å². The van der Waals surface area contributed by atoms with Gasteiger partial charge in [0.05, 0.1) is 5.02 Å². The fourth-order valence-corrected chi connectivity index (χ4v) is 2.59. The van der Waals surface area contributed by atoms with Crippen molar-refractivity contribution < 1.29 is 23.1 Å². The van der Waals surface area contributed by atoms with Gasteiger partial charge in [-0.2, -0.15) is 0 Å². The Morgan fingerprint density at radius 1 is 1.41 bits per heavy atom. The fourth-order valence-electron chi connectivity index (χ4n) is 2.41. The van der Waals surface area contributed by atoms with E-state index in [1.54, 1.807) is 0 Å². The summed E-state index contributed by atoms with van der Waals surface area (Å²) in [6.45, 7) is 0.860. The molecule has 0 aliphatic heterocycles. The number of fused-ring (bicyclic) bond motifs is 1. The zero-order valence-corrected chi connectivity index (χ0v) is 15.0. The Bertz CT molecular complexity index is 1120.